The summed E-state index contributed by atoms with van der Waals surface area (Å²) in [6.45, 7) is 10.9. The molecule has 8 heteroatoms. The second-order valence-electron chi connectivity index (χ2n) is 8.05. The lowest BCUT2D eigenvalue weighted by Gasteiger charge is -2.38. The van der Waals surface area contributed by atoms with Gasteiger partial charge in [0.25, 0.3) is 0 Å². The molecule has 1 heterocycles. The maximum Gasteiger partial charge on any atom is 0.348 e. The second-order valence-corrected chi connectivity index (χ2v) is 8.05. The highest BCUT2D eigenvalue weighted by atomic mass is 16.6. The second kappa shape index (κ2) is 12.8. The molecule has 2 aromatic carbocycles. The van der Waals surface area contributed by atoms with Gasteiger partial charge in [0.2, 0.25) is 5.60 Å². The van der Waals surface area contributed by atoms with Crippen LogP contribution in [0.1, 0.15) is 45.2 Å². The number of aliphatic hydroxyl groups is 1. The maximum atomic E-state index is 13.9. The van der Waals surface area contributed by atoms with Crippen molar-refractivity contribution >= 4 is 5.97 Å². The van der Waals surface area contributed by atoms with Gasteiger partial charge < -0.3 is 28.8 Å². The van der Waals surface area contributed by atoms with Gasteiger partial charge in [0.1, 0.15) is 6.61 Å². The van der Waals surface area contributed by atoms with Gasteiger partial charge in [-0.25, -0.2) is 4.79 Å². The summed E-state index contributed by atoms with van der Waals surface area (Å²) in [6, 6.07) is 10.8. The molecule has 0 bridgehead atoms. The molecule has 0 saturated carbocycles. The van der Waals surface area contributed by atoms with E-state index in [0.717, 1.165) is 13.0 Å². The third kappa shape index (κ3) is 5.55. The molecule has 0 aliphatic carbocycles. The fourth-order valence-corrected chi connectivity index (χ4v) is 4.40. The van der Waals surface area contributed by atoms with Crippen LogP contribution in [-0.2, 0) is 19.9 Å². The van der Waals surface area contributed by atoms with Gasteiger partial charge in [-0.05, 0) is 45.9 Å². The standard InChI is InChI=1S/C27H37NO7/c1-5-15-28(16-18-29)17-19-33-26(30)27(34-8-4)20-11-9-13-22(31-6-2)24(20)35-25-21(27)12-10-14-23(25)32-7-3/h9-14,29H,5-8,15-19H2,1-4H3. The van der Waals surface area contributed by atoms with Crippen molar-refractivity contribution in [2.24, 2.45) is 0 Å². The Bertz CT molecular complexity index is 916. The van der Waals surface area contributed by atoms with Gasteiger partial charge in [0.05, 0.1) is 19.8 Å². The molecule has 35 heavy (non-hydrogen) atoms. The number of nitrogens with zero attached hydrogens (tertiary/aromatic N) is 1. The molecule has 8 nitrogen and oxygen atoms in total. The van der Waals surface area contributed by atoms with Gasteiger partial charge in [0.15, 0.2) is 23.0 Å². The monoisotopic (exact) mass is 487 g/mol. The fraction of sp³-hybridized carbons (Fsp3) is 0.519. The summed E-state index contributed by atoms with van der Waals surface area (Å²) < 4.78 is 30.1. The number of rotatable bonds is 14. The lowest BCUT2D eigenvalue weighted by Crippen LogP contribution is -2.44. The van der Waals surface area contributed by atoms with E-state index in [1.54, 1.807) is 24.3 Å². The minimum absolute atomic E-state index is 0.0509. The Labute approximate surface area is 207 Å². The van der Waals surface area contributed by atoms with Crippen LogP contribution in [0.15, 0.2) is 36.4 Å². The first-order valence-electron chi connectivity index (χ1n) is 12.4. The van der Waals surface area contributed by atoms with Crippen molar-refractivity contribution in [3.8, 4) is 23.0 Å². The molecule has 3 rings (SSSR count). The van der Waals surface area contributed by atoms with Crippen LogP contribution in [-0.4, -0.2) is 68.6 Å². The normalized spacial score (nSPS) is 13.5. The maximum absolute atomic E-state index is 13.9. The van der Waals surface area contributed by atoms with Crippen LogP contribution in [0.3, 0.4) is 0 Å². The number of ether oxygens (including phenoxy) is 5. The van der Waals surface area contributed by atoms with Crippen LogP contribution in [0, 0.1) is 0 Å². The number of carbonyl (C=O) groups is 1. The zero-order valence-electron chi connectivity index (χ0n) is 21.2. The number of esters is 1. The Hall–Kier alpha value is -2.81. The average Bonchev–Trinajstić information content (AvgIpc) is 2.85. The Morgan fingerprint density at radius 2 is 1.49 bits per heavy atom. The largest absolute Gasteiger partial charge is 0.490 e. The number of hydrogen-bond acceptors (Lipinski definition) is 8. The Morgan fingerprint density at radius 3 is 1.97 bits per heavy atom. The summed E-state index contributed by atoms with van der Waals surface area (Å²) in [7, 11) is 0. The van der Waals surface area contributed by atoms with Gasteiger partial charge >= 0.3 is 5.97 Å². The quantitative estimate of drug-likeness (QED) is 0.398. The first-order chi connectivity index (χ1) is 17.1. The molecule has 1 N–H and O–H groups in total. The number of benzene rings is 2. The van der Waals surface area contributed by atoms with E-state index in [4.69, 9.17) is 23.7 Å². The summed E-state index contributed by atoms with van der Waals surface area (Å²) in [6.07, 6.45) is 0.940. The van der Waals surface area contributed by atoms with Crippen molar-refractivity contribution < 1.29 is 33.6 Å². The number of aliphatic hydroxyl groups excluding tert-OH is 1. The van der Waals surface area contributed by atoms with Crippen molar-refractivity contribution in [1.82, 2.24) is 4.90 Å². The van der Waals surface area contributed by atoms with Gasteiger partial charge in [-0.2, -0.15) is 0 Å². The minimum Gasteiger partial charge on any atom is -0.490 e. The first-order valence-corrected chi connectivity index (χ1v) is 12.4. The number of fused-ring (bicyclic) bond motifs is 2. The summed E-state index contributed by atoms with van der Waals surface area (Å²) >= 11 is 0. The smallest absolute Gasteiger partial charge is 0.348 e. The third-order valence-corrected chi connectivity index (χ3v) is 5.77. The minimum atomic E-state index is -1.55. The SMILES string of the molecule is CCCN(CCO)CCOC(=O)C1(OCC)c2cccc(OCC)c2Oc2c(OCC)cccc21. The van der Waals surface area contributed by atoms with Crippen molar-refractivity contribution in [3.05, 3.63) is 47.5 Å². The Balaban J connectivity index is 2.08. The van der Waals surface area contributed by atoms with Crippen LogP contribution < -0.4 is 14.2 Å². The van der Waals surface area contributed by atoms with E-state index in [1.807, 2.05) is 32.9 Å². The number of hydrogen-bond donors (Lipinski definition) is 1. The van der Waals surface area contributed by atoms with Crippen LogP contribution >= 0.6 is 0 Å². The molecule has 2 aromatic rings. The fourth-order valence-electron chi connectivity index (χ4n) is 4.40. The van der Waals surface area contributed by atoms with E-state index in [1.165, 1.54) is 0 Å². The zero-order chi connectivity index (χ0) is 25.3. The van der Waals surface area contributed by atoms with Gasteiger partial charge in [-0.3, -0.25) is 4.90 Å². The Morgan fingerprint density at radius 1 is 0.886 bits per heavy atom. The molecule has 0 saturated heterocycles. The van der Waals surface area contributed by atoms with Gasteiger partial charge in [-0.1, -0.05) is 31.2 Å². The molecule has 192 valence electrons. The zero-order valence-corrected chi connectivity index (χ0v) is 21.2. The lowest BCUT2D eigenvalue weighted by atomic mass is 9.82. The summed E-state index contributed by atoms with van der Waals surface area (Å²) in [5.74, 6) is 1.30. The predicted octanol–water partition coefficient (Wildman–Crippen LogP) is 4.12. The molecule has 0 radical (unpaired) electrons. The lowest BCUT2D eigenvalue weighted by molar-refractivity contribution is -0.169. The molecule has 0 unspecified atom stereocenters. The molecular weight excluding hydrogens is 450 g/mol. The highest BCUT2D eigenvalue weighted by Gasteiger charge is 2.52. The van der Waals surface area contributed by atoms with Gasteiger partial charge in [-0.15, -0.1) is 0 Å². The van der Waals surface area contributed by atoms with Crippen molar-refractivity contribution in [1.29, 1.82) is 0 Å². The first kappa shape index (κ1) is 26.8. The average molecular weight is 488 g/mol. The number of carbonyl (C=O) groups excluding carboxylic acids is 1. The third-order valence-electron chi connectivity index (χ3n) is 5.77. The molecule has 0 atom stereocenters. The van der Waals surface area contributed by atoms with Crippen molar-refractivity contribution in [3.63, 3.8) is 0 Å². The molecule has 1 aliphatic heterocycles. The predicted molar refractivity (Wildman–Crippen MR) is 132 cm³/mol. The highest BCUT2D eigenvalue weighted by molar-refractivity contribution is 5.90. The number of para-hydroxylation sites is 2. The molecular formula is C27H37NO7. The molecule has 0 aromatic heterocycles. The summed E-state index contributed by atoms with van der Waals surface area (Å²) in [5, 5.41) is 9.34. The highest BCUT2D eigenvalue weighted by Crippen LogP contribution is 2.55. The van der Waals surface area contributed by atoms with E-state index < -0.39 is 11.6 Å². The summed E-state index contributed by atoms with van der Waals surface area (Å²) in [4.78, 5) is 16.0. The Kier molecular flexibility index (Phi) is 9.77. The van der Waals surface area contributed by atoms with E-state index >= 15 is 0 Å². The van der Waals surface area contributed by atoms with Crippen LogP contribution in [0.5, 0.6) is 23.0 Å². The van der Waals surface area contributed by atoms with Crippen molar-refractivity contribution in [2.75, 3.05) is 52.7 Å². The van der Waals surface area contributed by atoms with Crippen LogP contribution in [0.25, 0.3) is 0 Å². The molecule has 0 spiro atoms. The summed E-state index contributed by atoms with van der Waals surface area (Å²) in [5.41, 5.74) is -0.501. The van der Waals surface area contributed by atoms with E-state index in [2.05, 4.69) is 11.8 Å². The van der Waals surface area contributed by atoms with Gasteiger partial charge in [0, 0.05) is 30.8 Å². The van der Waals surface area contributed by atoms with E-state index in [0.29, 0.717) is 60.4 Å². The van der Waals surface area contributed by atoms with Crippen LogP contribution in [0.4, 0.5) is 0 Å². The topological polar surface area (TPSA) is 86.7 Å². The molecule has 0 amide bonds. The van der Waals surface area contributed by atoms with E-state index in [9.17, 15) is 9.90 Å². The molecule has 1 aliphatic rings. The van der Waals surface area contributed by atoms with Crippen LogP contribution in [0.2, 0.25) is 0 Å². The van der Waals surface area contributed by atoms with Crippen molar-refractivity contribution in [2.45, 2.75) is 39.7 Å². The molecule has 0 fully saturated rings. The van der Waals surface area contributed by atoms with E-state index in [-0.39, 0.29) is 19.8 Å².